The summed E-state index contributed by atoms with van der Waals surface area (Å²) < 4.78 is 30.7. The van der Waals surface area contributed by atoms with Crippen molar-refractivity contribution < 1.29 is 18.4 Å². The molecule has 2 N–H and O–H groups in total. The Morgan fingerprint density at radius 3 is 1.63 bits per heavy atom. The van der Waals surface area contributed by atoms with Gasteiger partial charge in [-0.05, 0) is 24.3 Å². The van der Waals surface area contributed by atoms with Gasteiger partial charge in [-0.3, -0.25) is 18.4 Å². The fourth-order valence-electron chi connectivity index (χ4n) is 2.76. The number of nitrogens with zero attached hydrogens (tertiary/aromatic N) is 4. The molecule has 0 atom stereocenters. The Balaban J connectivity index is 1.30. The predicted molar refractivity (Wildman–Crippen MR) is 103 cm³/mol. The fraction of sp³-hybridized carbons (Fsp3) is 0.100. The number of carbonyl (C=O) groups is 2. The number of imidazole rings is 2. The first-order chi connectivity index (χ1) is 14.6. The normalized spacial score (nSPS) is 10.6. The highest BCUT2D eigenvalue weighted by Gasteiger charge is 2.19. The van der Waals surface area contributed by atoms with E-state index in [1.807, 2.05) is 0 Å². The maximum atomic E-state index is 14.2. The number of nitrogens with one attached hydrogen (secondary N) is 2. The average Bonchev–Trinajstić information content (AvgIpc) is 3.28. The van der Waals surface area contributed by atoms with Gasteiger partial charge < -0.3 is 10.6 Å². The van der Waals surface area contributed by atoms with Crippen molar-refractivity contribution in [1.29, 1.82) is 0 Å². The molecule has 0 unspecified atom stereocenters. The Morgan fingerprint density at radius 2 is 1.23 bits per heavy atom. The molecular formula is C20H14F2N6O2. The minimum atomic E-state index is -0.766. The van der Waals surface area contributed by atoms with Crippen LogP contribution in [0.2, 0.25) is 0 Å². The summed E-state index contributed by atoms with van der Waals surface area (Å²) in [6.45, 7) is -0.157. The second-order valence-electron chi connectivity index (χ2n) is 6.08. The van der Waals surface area contributed by atoms with Crippen molar-refractivity contribution in [3.05, 3.63) is 72.1 Å². The Morgan fingerprint density at radius 1 is 0.800 bits per heavy atom. The van der Waals surface area contributed by atoms with Gasteiger partial charge in [0.1, 0.15) is 11.3 Å². The molecule has 0 fully saturated rings. The third-order valence-corrected chi connectivity index (χ3v) is 4.17. The molecule has 2 amide bonds. The van der Waals surface area contributed by atoms with Crippen molar-refractivity contribution >= 4 is 23.1 Å². The van der Waals surface area contributed by atoms with Crippen molar-refractivity contribution in [3.63, 3.8) is 0 Å². The Hall–Kier alpha value is -4.26. The van der Waals surface area contributed by atoms with Crippen LogP contribution in [-0.4, -0.2) is 43.7 Å². The van der Waals surface area contributed by atoms with E-state index in [2.05, 4.69) is 32.4 Å². The number of hydrogen-bond donors (Lipinski definition) is 2. The van der Waals surface area contributed by atoms with Crippen LogP contribution in [0.4, 0.5) is 8.78 Å². The molecule has 4 rings (SSSR count). The van der Waals surface area contributed by atoms with Crippen LogP contribution < -0.4 is 10.6 Å². The molecule has 0 saturated carbocycles. The summed E-state index contributed by atoms with van der Waals surface area (Å²) >= 11 is 0. The lowest BCUT2D eigenvalue weighted by molar-refractivity contribution is 0.0940. The third kappa shape index (κ3) is 3.56. The Labute approximate surface area is 168 Å². The molecule has 0 radical (unpaired) electrons. The first kappa shape index (κ1) is 19.1. The van der Waals surface area contributed by atoms with E-state index in [-0.39, 0.29) is 24.5 Å². The van der Waals surface area contributed by atoms with Crippen molar-refractivity contribution in [2.75, 3.05) is 13.1 Å². The smallest absolute Gasteiger partial charge is 0.275 e. The first-order valence-electron chi connectivity index (χ1n) is 8.83. The van der Waals surface area contributed by atoms with E-state index in [1.54, 1.807) is 36.4 Å². The quantitative estimate of drug-likeness (QED) is 0.500. The van der Waals surface area contributed by atoms with Gasteiger partial charge in [-0.1, -0.05) is 24.0 Å². The first-order valence-corrected chi connectivity index (χ1v) is 8.83. The molecular weight excluding hydrogens is 394 g/mol. The van der Waals surface area contributed by atoms with Crippen molar-refractivity contribution in [2.24, 2.45) is 0 Å². The largest absolute Gasteiger partial charge is 0.340 e. The molecule has 0 aromatic carbocycles. The van der Waals surface area contributed by atoms with Gasteiger partial charge >= 0.3 is 0 Å². The second-order valence-corrected chi connectivity index (χ2v) is 6.08. The molecule has 30 heavy (non-hydrogen) atoms. The van der Waals surface area contributed by atoms with E-state index >= 15 is 0 Å². The van der Waals surface area contributed by atoms with E-state index in [0.29, 0.717) is 11.3 Å². The zero-order valence-corrected chi connectivity index (χ0v) is 15.4. The van der Waals surface area contributed by atoms with Gasteiger partial charge in [0.15, 0.2) is 11.4 Å². The van der Waals surface area contributed by atoms with Crippen molar-refractivity contribution in [2.45, 2.75) is 0 Å². The monoisotopic (exact) mass is 408 g/mol. The average molecular weight is 408 g/mol. The Bertz CT molecular complexity index is 1230. The lowest BCUT2D eigenvalue weighted by Crippen LogP contribution is -2.26. The summed E-state index contributed by atoms with van der Waals surface area (Å²) in [6.07, 6.45) is 2.92. The van der Waals surface area contributed by atoms with E-state index in [4.69, 9.17) is 0 Å². The van der Waals surface area contributed by atoms with Gasteiger partial charge in [-0.15, -0.1) is 0 Å². The minimum absolute atomic E-state index is 0.0786. The van der Waals surface area contributed by atoms with Crippen LogP contribution in [0.25, 0.3) is 11.3 Å². The maximum absolute atomic E-state index is 14.2. The van der Waals surface area contributed by atoms with Crippen LogP contribution in [0.5, 0.6) is 0 Å². The number of aromatic nitrogens is 4. The summed E-state index contributed by atoms with van der Waals surface area (Å²) in [5.74, 6) is 2.28. The van der Waals surface area contributed by atoms with Crippen LogP contribution in [0, 0.1) is 23.7 Å². The summed E-state index contributed by atoms with van der Waals surface area (Å²) in [5.41, 5.74) is -0.0431. The molecule has 10 heteroatoms. The molecule has 0 aliphatic carbocycles. The molecule has 4 heterocycles. The number of amides is 2. The molecule has 0 aliphatic heterocycles. The summed E-state index contributed by atoms with van der Waals surface area (Å²) in [5, 5.41) is 4.86. The zero-order valence-electron chi connectivity index (χ0n) is 15.4. The summed E-state index contributed by atoms with van der Waals surface area (Å²) in [4.78, 5) is 32.0. The SMILES string of the molecule is O=C(NCC#CCNC(=O)c1nc2ccccn2c1F)c1nc2ccccn2c1F. The topological polar surface area (TPSA) is 92.8 Å². The predicted octanol–water partition coefficient (Wildman–Crippen LogP) is 1.42. The molecule has 0 aliphatic rings. The minimum Gasteiger partial charge on any atom is -0.340 e. The number of fused-ring (bicyclic) bond motifs is 2. The number of halogens is 2. The highest BCUT2D eigenvalue weighted by molar-refractivity contribution is 5.94. The van der Waals surface area contributed by atoms with Crippen LogP contribution in [0.1, 0.15) is 21.0 Å². The summed E-state index contributed by atoms with van der Waals surface area (Å²) in [6, 6.07) is 9.76. The van der Waals surface area contributed by atoms with Crippen LogP contribution in [-0.2, 0) is 0 Å². The second kappa shape index (κ2) is 8.00. The van der Waals surface area contributed by atoms with Crippen LogP contribution in [0.3, 0.4) is 0 Å². The number of carbonyl (C=O) groups excluding carboxylic acids is 2. The van der Waals surface area contributed by atoms with Gasteiger partial charge in [0.05, 0.1) is 13.1 Å². The van der Waals surface area contributed by atoms with Crippen molar-refractivity contribution in [3.8, 4) is 11.8 Å². The third-order valence-electron chi connectivity index (χ3n) is 4.17. The molecule has 0 saturated heterocycles. The van der Waals surface area contributed by atoms with Gasteiger partial charge in [-0.25, -0.2) is 9.97 Å². The van der Waals surface area contributed by atoms with Crippen LogP contribution >= 0.6 is 0 Å². The van der Waals surface area contributed by atoms with E-state index in [9.17, 15) is 18.4 Å². The van der Waals surface area contributed by atoms with E-state index in [0.717, 1.165) is 8.80 Å². The zero-order chi connectivity index (χ0) is 21.1. The number of pyridine rings is 2. The van der Waals surface area contributed by atoms with Gasteiger partial charge in [-0.2, -0.15) is 8.78 Å². The molecule has 4 aromatic heterocycles. The number of rotatable bonds is 4. The van der Waals surface area contributed by atoms with Crippen LogP contribution in [0.15, 0.2) is 48.8 Å². The molecule has 8 nitrogen and oxygen atoms in total. The highest BCUT2D eigenvalue weighted by atomic mass is 19.1. The number of hydrogen-bond acceptors (Lipinski definition) is 4. The molecule has 0 spiro atoms. The molecule has 150 valence electrons. The fourth-order valence-corrected chi connectivity index (χ4v) is 2.76. The summed E-state index contributed by atoms with van der Waals surface area (Å²) in [7, 11) is 0. The standard InChI is InChI=1S/C20H14F2N6O2/c21-17-15(25-13-7-1-5-11-27(13)17)19(29)23-9-3-4-10-24-20(30)16-18(22)28-12-6-2-8-14(28)26-16/h1-2,5-8,11-12H,9-10H2,(H,23,29)(H,24,30). The van der Waals surface area contributed by atoms with Crippen molar-refractivity contribution in [1.82, 2.24) is 29.4 Å². The maximum Gasteiger partial charge on any atom is 0.275 e. The van der Waals surface area contributed by atoms with E-state index in [1.165, 1.54) is 12.4 Å². The van der Waals surface area contributed by atoms with Gasteiger partial charge in [0.2, 0.25) is 11.9 Å². The molecule has 4 aromatic rings. The Kier molecular flexibility index (Phi) is 5.09. The lowest BCUT2D eigenvalue weighted by atomic mass is 10.4. The molecule has 0 bridgehead atoms. The van der Waals surface area contributed by atoms with E-state index < -0.39 is 23.7 Å². The van der Waals surface area contributed by atoms with Gasteiger partial charge in [0.25, 0.3) is 11.8 Å². The lowest BCUT2D eigenvalue weighted by Gasteiger charge is -1.98. The van der Waals surface area contributed by atoms with Gasteiger partial charge in [0, 0.05) is 12.4 Å². The highest BCUT2D eigenvalue weighted by Crippen LogP contribution is 2.11.